The van der Waals surface area contributed by atoms with Crippen LogP contribution < -0.4 is 0 Å². The first-order chi connectivity index (χ1) is 12.7. The molecule has 0 radical (unpaired) electrons. The van der Waals surface area contributed by atoms with Crippen molar-refractivity contribution in [3.8, 4) is 33.8 Å². The van der Waals surface area contributed by atoms with Gasteiger partial charge in [0.2, 0.25) is 0 Å². The van der Waals surface area contributed by atoms with Crippen LogP contribution >= 0.6 is 15.9 Å². The molecule has 1 heterocycles. The molecule has 1 aromatic heterocycles. The zero-order valence-electron chi connectivity index (χ0n) is 14.4. The van der Waals surface area contributed by atoms with Gasteiger partial charge in [0, 0.05) is 10.0 Å². The third kappa shape index (κ3) is 3.33. The molecule has 126 valence electrons. The normalized spacial score (nSPS) is 10.7. The quantitative estimate of drug-likeness (QED) is 0.321. The Hall–Kier alpha value is -2.71. The summed E-state index contributed by atoms with van der Waals surface area (Å²) in [5.41, 5.74) is 5.66. The van der Waals surface area contributed by atoms with Gasteiger partial charge in [-0.25, -0.2) is 4.42 Å². The van der Waals surface area contributed by atoms with Crippen LogP contribution in [0.15, 0.2) is 99.9 Å². The Balaban J connectivity index is 1.97. The van der Waals surface area contributed by atoms with Crippen LogP contribution in [-0.2, 0) is 0 Å². The van der Waals surface area contributed by atoms with Crippen molar-refractivity contribution in [3.05, 3.63) is 101 Å². The molecule has 3 aromatic carbocycles. The van der Waals surface area contributed by atoms with Crippen LogP contribution in [0.25, 0.3) is 33.8 Å². The minimum Gasteiger partial charge on any atom is -0.206 e. The van der Waals surface area contributed by atoms with Gasteiger partial charge in [0.1, 0.15) is 0 Å². The molecule has 0 amide bonds. The van der Waals surface area contributed by atoms with Gasteiger partial charge in [-0.2, -0.15) is 0 Å². The summed E-state index contributed by atoms with van der Waals surface area (Å²) in [6.45, 7) is 2.12. The Labute approximate surface area is 162 Å². The Kier molecular flexibility index (Phi) is 4.68. The molecule has 0 aliphatic carbocycles. The van der Waals surface area contributed by atoms with Gasteiger partial charge in [-0.1, -0.05) is 64.5 Å². The summed E-state index contributed by atoms with van der Waals surface area (Å²) >= 11 is 3.50. The molecule has 0 atom stereocenters. The van der Waals surface area contributed by atoms with E-state index in [1.54, 1.807) is 0 Å². The lowest BCUT2D eigenvalue weighted by atomic mass is 9.96. The molecule has 4 rings (SSSR count). The van der Waals surface area contributed by atoms with Crippen LogP contribution in [0.3, 0.4) is 0 Å². The maximum absolute atomic E-state index is 6.37. The van der Waals surface area contributed by atoms with Crippen molar-refractivity contribution in [2.45, 2.75) is 6.92 Å². The van der Waals surface area contributed by atoms with E-state index in [0.717, 1.165) is 32.7 Å². The minimum absolute atomic E-state index is 0.862. The molecule has 26 heavy (non-hydrogen) atoms. The molecule has 0 saturated carbocycles. The highest BCUT2D eigenvalue weighted by Gasteiger charge is 2.24. The Morgan fingerprint density at radius 3 is 1.85 bits per heavy atom. The second-order valence-electron chi connectivity index (χ2n) is 6.22. The molecule has 0 fully saturated rings. The molecule has 4 aromatic rings. The van der Waals surface area contributed by atoms with Crippen LogP contribution in [0, 0.1) is 6.92 Å². The van der Waals surface area contributed by atoms with Crippen molar-refractivity contribution in [3.63, 3.8) is 0 Å². The molecule has 0 aliphatic heterocycles. The fourth-order valence-corrected chi connectivity index (χ4v) is 3.38. The van der Waals surface area contributed by atoms with E-state index in [1.807, 2.05) is 36.4 Å². The van der Waals surface area contributed by atoms with Gasteiger partial charge < -0.3 is 0 Å². The van der Waals surface area contributed by atoms with E-state index >= 15 is 0 Å². The van der Waals surface area contributed by atoms with Crippen molar-refractivity contribution >= 4 is 15.9 Å². The van der Waals surface area contributed by atoms with Crippen LogP contribution in [0.1, 0.15) is 5.56 Å². The van der Waals surface area contributed by atoms with Crippen LogP contribution in [0.4, 0.5) is 0 Å². The van der Waals surface area contributed by atoms with E-state index in [2.05, 4.69) is 77.5 Å². The SMILES string of the molecule is Cc1c(-c2ccccc2)cc(-c2ccc(Br)cc2)[o+]c1-c1ccccc1. The maximum Gasteiger partial charge on any atom is 0.364 e. The first-order valence-corrected chi connectivity index (χ1v) is 9.36. The first-order valence-electron chi connectivity index (χ1n) is 8.57. The molecular formula is C24H18BrO+. The molecular weight excluding hydrogens is 384 g/mol. The summed E-state index contributed by atoms with van der Waals surface area (Å²) in [7, 11) is 0. The summed E-state index contributed by atoms with van der Waals surface area (Å²) in [5, 5.41) is 0. The standard InChI is InChI=1S/C24H18BrO/c1-17-22(18-8-4-2-5-9-18)16-23(19-12-14-21(25)15-13-19)26-24(17)20-10-6-3-7-11-20/h2-16H,1H3/q+1. The van der Waals surface area contributed by atoms with Crippen molar-refractivity contribution in [2.75, 3.05) is 0 Å². The van der Waals surface area contributed by atoms with Gasteiger partial charge in [-0.05, 0) is 48.9 Å². The summed E-state index contributed by atoms with van der Waals surface area (Å²) in [6.07, 6.45) is 0. The average Bonchev–Trinajstić information content (AvgIpc) is 2.70. The van der Waals surface area contributed by atoms with Gasteiger partial charge in [-0.3, -0.25) is 0 Å². The van der Waals surface area contributed by atoms with Crippen molar-refractivity contribution < 1.29 is 4.42 Å². The third-order valence-electron chi connectivity index (χ3n) is 4.48. The molecule has 0 unspecified atom stereocenters. The van der Waals surface area contributed by atoms with E-state index in [4.69, 9.17) is 4.42 Å². The van der Waals surface area contributed by atoms with Crippen molar-refractivity contribution in [2.24, 2.45) is 0 Å². The Bertz CT molecular complexity index is 962. The summed E-state index contributed by atoms with van der Waals surface area (Å²) in [5.74, 6) is 1.77. The molecule has 0 aliphatic rings. The number of benzene rings is 3. The lowest BCUT2D eigenvalue weighted by Crippen LogP contribution is -1.91. The minimum atomic E-state index is 0.862. The van der Waals surface area contributed by atoms with Gasteiger partial charge in [0.05, 0.1) is 22.8 Å². The van der Waals surface area contributed by atoms with E-state index in [-0.39, 0.29) is 0 Å². The largest absolute Gasteiger partial charge is 0.364 e. The van der Waals surface area contributed by atoms with Gasteiger partial charge in [0.15, 0.2) is 0 Å². The summed E-state index contributed by atoms with van der Waals surface area (Å²) in [6, 6.07) is 31.1. The number of hydrogen-bond acceptors (Lipinski definition) is 0. The zero-order valence-corrected chi connectivity index (χ0v) is 16.0. The summed E-state index contributed by atoms with van der Waals surface area (Å²) < 4.78 is 7.42. The van der Waals surface area contributed by atoms with Crippen LogP contribution in [-0.4, -0.2) is 0 Å². The lowest BCUT2D eigenvalue weighted by molar-refractivity contribution is 0.578. The number of hydrogen-bond donors (Lipinski definition) is 0. The Morgan fingerprint density at radius 2 is 1.23 bits per heavy atom. The second-order valence-corrected chi connectivity index (χ2v) is 7.13. The van der Waals surface area contributed by atoms with Gasteiger partial charge in [0.25, 0.3) is 0 Å². The topological polar surface area (TPSA) is 11.3 Å². The number of halogens is 1. The van der Waals surface area contributed by atoms with Crippen molar-refractivity contribution in [1.82, 2.24) is 0 Å². The molecule has 0 saturated heterocycles. The van der Waals surface area contributed by atoms with Crippen LogP contribution in [0.5, 0.6) is 0 Å². The summed E-state index contributed by atoms with van der Waals surface area (Å²) in [4.78, 5) is 0. The number of rotatable bonds is 3. The maximum atomic E-state index is 6.37. The van der Waals surface area contributed by atoms with Gasteiger partial charge >= 0.3 is 11.5 Å². The molecule has 1 nitrogen and oxygen atoms in total. The highest BCUT2D eigenvalue weighted by Crippen LogP contribution is 2.36. The second kappa shape index (κ2) is 7.27. The lowest BCUT2D eigenvalue weighted by Gasteiger charge is -2.06. The van der Waals surface area contributed by atoms with Crippen molar-refractivity contribution in [1.29, 1.82) is 0 Å². The smallest absolute Gasteiger partial charge is 0.206 e. The predicted molar refractivity (Wildman–Crippen MR) is 112 cm³/mol. The average molecular weight is 402 g/mol. The zero-order chi connectivity index (χ0) is 17.9. The third-order valence-corrected chi connectivity index (χ3v) is 5.01. The molecule has 0 spiro atoms. The van der Waals surface area contributed by atoms with E-state index in [9.17, 15) is 0 Å². The molecule has 0 bridgehead atoms. The fourth-order valence-electron chi connectivity index (χ4n) is 3.12. The van der Waals surface area contributed by atoms with E-state index in [1.165, 1.54) is 11.1 Å². The highest BCUT2D eigenvalue weighted by molar-refractivity contribution is 9.10. The predicted octanol–water partition coefficient (Wildman–Crippen LogP) is 7.63. The monoisotopic (exact) mass is 401 g/mol. The van der Waals surface area contributed by atoms with E-state index < -0.39 is 0 Å². The van der Waals surface area contributed by atoms with E-state index in [0.29, 0.717) is 0 Å². The Morgan fingerprint density at radius 1 is 0.654 bits per heavy atom. The van der Waals surface area contributed by atoms with Crippen LogP contribution in [0.2, 0.25) is 0 Å². The fraction of sp³-hybridized carbons (Fsp3) is 0.0417. The molecule has 0 N–H and O–H groups in total. The highest BCUT2D eigenvalue weighted by atomic mass is 79.9. The first kappa shape index (κ1) is 16.7. The van der Waals surface area contributed by atoms with Gasteiger partial charge in [-0.15, -0.1) is 0 Å². The molecule has 2 heteroatoms.